The third-order valence-corrected chi connectivity index (χ3v) is 10.5. The molecule has 0 bridgehead atoms. The monoisotopic (exact) mass is 702 g/mol. The second-order valence-electron chi connectivity index (χ2n) is 13.7. The molecular formula is C49H30N6. The summed E-state index contributed by atoms with van der Waals surface area (Å²) in [5.41, 5.74) is 10.0. The summed E-state index contributed by atoms with van der Waals surface area (Å²) in [6, 6.07) is 59.1. The molecule has 256 valence electrons. The second-order valence-corrected chi connectivity index (χ2v) is 13.7. The standard InChI is InChI=1S/C49H30N6/c1-3-14-31(15-4-1)47-52-48(32-16-5-2-6-17-32)54-49(53-47)39-24-10-7-20-35(39)33-18-13-19-34(28-33)55-43-25-12-11-22-37(43)41-29-40-36-21-8-9-23-38(36)45-46(51-27-26-50-45)42(40)30-44(41)55/h1-30H. The van der Waals surface area contributed by atoms with Crippen LogP contribution in [0.1, 0.15) is 0 Å². The van der Waals surface area contributed by atoms with Crippen molar-refractivity contribution in [2.75, 3.05) is 0 Å². The Hall–Kier alpha value is -7.57. The third kappa shape index (κ3) is 5.07. The molecule has 0 fully saturated rings. The Bertz CT molecular complexity index is 3200. The van der Waals surface area contributed by atoms with Crippen LogP contribution in [0.5, 0.6) is 0 Å². The molecule has 0 amide bonds. The number of nitrogens with zero attached hydrogens (tertiary/aromatic N) is 6. The van der Waals surface area contributed by atoms with Gasteiger partial charge in [0, 0.05) is 56.3 Å². The van der Waals surface area contributed by atoms with Gasteiger partial charge in [-0.15, -0.1) is 0 Å². The molecule has 0 radical (unpaired) electrons. The topological polar surface area (TPSA) is 69.4 Å². The van der Waals surface area contributed by atoms with E-state index < -0.39 is 0 Å². The van der Waals surface area contributed by atoms with Gasteiger partial charge in [0.1, 0.15) is 0 Å². The zero-order valence-corrected chi connectivity index (χ0v) is 29.5. The predicted octanol–water partition coefficient (Wildman–Crippen LogP) is 11.9. The molecule has 6 heteroatoms. The van der Waals surface area contributed by atoms with Crippen LogP contribution in [0.4, 0.5) is 0 Å². The summed E-state index contributed by atoms with van der Waals surface area (Å²) >= 11 is 0. The maximum absolute atomic E-state index is 5.08. The van der Waals surface area contributed by atoms with E-state index in [0.29, 0.717) is 17.5 Å². The van der Waals surface area contributed by atoms with Gasteiger partial charge in [0.15, 0.2) is 17.5 Å². The molecule has 0 unspecified atom stereocenters. The molecular weight excluding hydrogens is 673 g/mol. The molecule has 0 aliphatic carbocycles. The van der Waals surface area contributed by atoms with Crippen LogP contribution in [0, 0.1) is 0 Å². The molecule has 0 saturated carbocycles. The number of hydrogen-bond donors (Lipinski definition) is 0. The van der Waals surface area contributed by atoms with Crippen LogP contribution >= 0.6 is 0 Å². The van der Waals surface area contributed by atoms with Crippen LogP contribution < -0.4 is 0 Å². The summed E-state index contributed by atoms with van der Waals surface area (Å²) in [4.78, 5) is 24.8. The summed E-state index contributed by atoms with van der Waals surface area (Å²) in [6.45, 7) is 0. The summed E-state index contributed by atoms with van der Waals surface area (Å²) in [5, 5.41) is 6.92. The third-order valence-electron chi connectivity index (χ3n) is 10.5. The van der Waals surface area contributed by atoms with E-state index in [0.717, 1.165) is 66.3 Å². The normalized spacial score (nSPS) is 11.6. The van der Waals surface area contributed by atoms with Crippen molar-refractivity contribution < 1.29 is 0 Å². The van der Waals surface area contributed by atoms with E-state index in [4.69, 9.17) is 24.9 Å². The highest BCUT2D eigenvalue weighted by Gasteiger charge is 2.19. The molecule has 3 aromatic heterocycles. The van der Waals surface area contributed by atoms with Crippen molar-refractivity contribution >= 4 is 54.4 Å². The number of aromatic nitrogens is 6. The van der Waals surface area contributed by atoms with Crippen LogP contribution in [0.25, 0.3) is 105 Å². The Morgan fingerprint density at radius 3 is 1.62 bits per heavy atom. The summed E-state index contributed by atoms with van der Waals surface area (Å²) in [6.07, 6.45) is 3.57. The minimum Gasteiger partial charge on any atom is -0.309 e. The fraction of sp³-hybridized carbons (Fsp3) is 0. The lowest BCUT2D eigenvalue weighted by Crippen LogP contribution is -2.01. The van der Waals surface area contributed by atoms with Gasteiger partial charge < -0.3 is 4.57 Å². The summed E-state index contributed by atoms with van der Waals surface area (Å²) in [7, 11) is 0. The summed E-state index contributed by atoms with van der Waals surface area (Å²) < 4.78 is 2.37. The highest BCUT2D eigenvalue weighted by molar-refractivity contribution is 6.27. The van der Waals surface area contributed by atoms with Crippen molar-refractivity contribution in [2.24, 2.45) is 0 Å². The zero-order valence-electron chi connectivity index (χ0n) is 29.5. The van der Waals surface area contributed by atoms with E-state index in [1.807, 2.05) is 66.7 Å². The molecule has 11 aromatic rings. The molecule has 0 atom stereocenters. The lowest BCUT2D eigenvalue weighted by molar-refractivity contribution is 1.07. The van der Waals surface area contributed by atoms with Gasteiger partial charge in [0.25, 0.3) is 0 Å². The smallest absolute Gasteiger partial charge is 0.164 e. The van der Waals surface area contributed by atoms with Crippen molar-refractivity contribution in [2.45, 2.75) is 0 Å². The molecule has 6 nitrogen and oxygen atoms in total. The fourth-order valence-electron chi connectivity index (χ4n) is 8.04. The van der Waals surface area contributed by atoms with Gasteiger partial charge in [0.05, 0.1) is 22.1 Å². The molecule has 0 spiro atoms. The van der Waals surface area contributed by atoms with Crippen molar-refractivity contribution in [3.05, 3.63) is 182 Å². The first-order valence-corrected chi connectivity index (χ1v) is 18.3. The number of benzene rings is 8. The Balaban J connectivity index is 1.13. The van der Waals surface area contributed by atoms with E-state index in [2.05, 4.69) is 108 Å². The predicted molar refractivity (Wildman–Crippen MR) is 224 cm³/mol. The molecule has 11 rings (SSSR count). The van der Waals surface area contributed by atoms with Crippen LogP contribution in [0.15, 0.2) is 182 Å². The first kappa shape index (κ1) is 31.0. The van der Waals surface area contributed by atoms with E-state index in [1.54, 1.807) is 12.4 Å². The quantitative estimate of drug-likeness (QED) is 0.167. The first-order chi connectivity index (χ1) is 27.3. The maximum atomic E-state index is 5.08. The van der Waals surface area contributed by atoms with E-state index >= 15 is 0 Å². The Kier molecular flexibility index (Phi) is 7.07. The number of para-hydroxylation sites is 1. The first-order valence-electron chi connectivity index (χ1n) is 18.3. The largest absolute Gasteiger partial charge is 0.309 e. The van der Waals surface area contributed by atoms with E-state index in [-0.39, 0.29) is 0 Å². The van der Waals surface area contributed by atoms with Crippen molar-refractivity contribution in [1.82, 2.24) is 29.5 Å². The van der Waals surface area contributed by atoms with Crippen LogP contribution in [-0.2, 0) is 0 Å². The Morgan fingerprint density at radius 2 is 0.891 bits per heavy atom. The molecule has 0 saturated heterocycles. The Labute approximate surface area is 316 Å². The molecule has 0 aliphatic rings. The molecule has 0 N–H and O–H groups in total. The van der Waals surface area contributed by atoms with Gasteiger partial charge in [-0.2, -0.15) is 0 Å². The van der Waals surface area contributed by atoms with E-state index in [9.17, 15) is 0 Å². The lowest BCUT2D eigenvalue weighted by Gasteiger charge is -2.14. The van der Waals surface area contributed by atoms with Crippen molar-refractivity contribution in [3.8, 4) is 51.0 Å². The van der Waals surface area contributed by atoms with Gasteiger partial charge in [-0.05, 0) is 52.2 Å². The van der Waals surface area contributed by atoms with Gasteiger partial charge >= 0.3 is 0 Å². The number of rotatable bonds is 5. The average molecular weight is 703 g/mol. The molecule has 3 heterocycles. The van der Waals surface area contributed by atoms with Crippen molar-refractivity contribution in [3.63, 3.8) is 0 Å². The van der Waals surface area contributed by atoms with Crippen LogP contribution in [-0.4, -0.2) is 29.5 Å². The van der Waals surface area contributed by atoms with Crippen LogP contribution in [0.3, 0.4) is 0 Å². The maximum Gasteiger partial charge on any atom is 0.164 e. The fourth-order valence-corrected chi connectivity index (χ4v) is 8.04. The van der Waals surface area contributed by atoms with Gasteiger partial charge in [-0.3, -0.25) is 9.97 Å². The molecule has 55 heavy (non-hydrogen) atoms. The van der Waals surface area contributed by atoms with Crippen molar-refractivity contribution in [1.29, 1.82) is 0 Å². The average Bonchev–Trinajstić information content (AvgIpc) is 3.60. The highest BCUT2D eigenvalue weighted by atomic mass is 15.0. The van der Waals surface area contributed by atoms with Gasteiger partial charge in [-0.1, -0.05) is 140 Å². The van der Waals surface area contributed by atoms with Gasteiger partial charge in [-0.25, -0.2) is 15.0 Å². The molecule has 8 aromatic carbocycles. The van der Waals surface area contributed by atoms with Gasteiger partial charge in [0.2, 0.25) is 0 Å². The minimum atomic E-state index is 0.622. The lowest BCUT2D eigenvalue weighted by atomic mass is 9.97. The van der Waals surface area contributed by atoms with Crippen LogP contribution in [0.2, 0.25) is 0 Å². The second kappa shape index (κ2) is 12.5. The Morgan fingerprint density at radius 1 is 0.327 bits per heavy atom. The zero-order chi connectivity index (χ0) is 36.3. The number of fused-ring (bicyclic) bond motifs is 9. The minimum absolute atomic E-state index is 0.622. The number of hydrogen-bond acceptors (Lipinski definition) is 5. The summed E-state index contributed by atoms with van der Waals surface area (Å²) in [5.74, 6) is 1.89. The molecule has 0 aliphatic heterocycles. The highest BCUT2D eigenvalue weighted by Crippen LogP contribution is 2.41. The SMILES string of the molecule is c1ccc(-c2nc(-c3ccccc3)nc(-c3ccccc3-c3cccc(-n4c5ccccc5c5cc6c7ccccc7c7nccnc7c6cc54)c3)n2)cc1. The van der Waals surface area contributed by atoms with E-state index in [1.165, 1.54) is 21.5 Å².